The van der Waals surface area contributed by atoms with Gasteiger partial charge in [0.25, 0.3) is 0 Å². The van der Waals surface area contributed by atoms with E-state index in [0.29, 0.717) is 12.1 Å². The summed E-state index contributed by atoms with van der Waals surface area (Å²) >= 11 is 0. The number of nitrogens with zero attached hydrogens (tertiary/aromatic N) is 1. The fourth-order valence-electron chi connectivity index (χ4n) is 2.26. The molecule has 6 heteroatoms. The number of rotatable bonds is 7. The molecule has 1 atom stereocenters. The van der Waals surface area contributed by atoms with Gasteiger partial charge in [0.15, 0.2) is 0 Å². The summed E-state index contributed by atoms with van der Waals surface area (Å²) in [6, 6.07) is 15.6. The first-order chi connectivity index (χ1) is 13.0. The summed E-state index contributed by atoms with van der Waals surface area (Å²) in [5.74, 6) is 0.0506. The largest absolute Gasteiger partial charge is 0.497 e. The van der Waals surface area contributed by atoms with Gasteiger partial charge in [0.05, 0.1) is 19.6 Å². The molecular formula is C21H21N3O3. The van der Waals surface area contributed by atoms with Crippen LogP contribution in [-0.2, 0) is 16.0 Å². The van der Waals surface area contributed by atoms with Gasteiger partial charge in [-0.2, -0.15) is 5.26 Å². The molecule has 2 rings (SSSR count). The average Bonchev–Trinajstić information content (AvgIpc) is 2.68. The standard InChI is InChI=1S/C21H21N3O3/c1-15(21(26)24-18-8-3-17(4-9-18)13-14-22)23-20(25)12-7-16-5-10-19(27-2)11-6-16/h3-12,15H,13H2,1-2H3,(H,23,25)(H,24,26)/b12-7+. The molecule has 0 spiro atoms. The minimum absolute atomic E-state index is 0.321. The Morgan fingerprint density at radius 1 is 1.15 bits per heavy atom. The highest BCUT2D eigenvalue weighted by Crippen LogP contribution is 2.12. The molecule has 2 N–H and O–H groups in total. The van der Waals surface area contributed by atoms with Gasteiger partial charge in [-0.05, 0) is 48.4 Å². The van der Waals surface area contributed by atoms with Crippen LogP contribution in [0.3, 0.4) is 0 Å². The lowest BCUT2D eigenvalue weighted by molar-refractivity contribution is -0.123. The Labute approximate surface area is 158 Å². The van der Waals surface area contributed by atoms with Crippen LogP contribution in [0.25, 0.3) is 6.08 Å². The van der Waals surface area contributed by atoms with Gasteiger partial charge in [0.2, 0.25) is 11.8 Å². The van der Waals surface area contributed by atoms with Crippen LogP contribution in [0.4, 0.5) is 5.69 Å². The van der Waals surface area contributed by atoms with Crippen molar-refractivity contribution in [1.29, 1.82) is 5.26 Å². The molecule has 0 fully saturated rings. The third-order valence-corrected chi connectivity index (χ3v) is 3.80. The normalized spacial score (nSPS) is 11.4. The highest BCUT2D eigenvalue weighted by Gasteiger charge is 2.14. The van der Waals surface area contributed by atoms with Crippen LogP contribution in [0.2, 0.25) is 0 Å². The monoisotopic (exact) mass is 363 g/mol. The second-order valence-electron chi connectivity index (χ2n) is 5.86. The van der Waals surface area contributed by atoms with Gasteiger partial charge >= 0.3 is 0 Å². The molecular weight excluding hydrogens is 342 g/mol. The fraction of sp³-hybridized carbons (Fsp3) is 0.190. The maximum atomic E-state index is 12.2. The molecule has 2 aromatic rings. The molecule has 0 aliphatic rings. The number of methoxy groups -OCH3 is 1. The van der Waals surface area contributed by atoms with E-state index in [1.807, 2.05) is 12.1 Å². The van der Waals surface area contributed by atoms with E-state index in [2.05, 4.69) is 16.7 Å². The molecule has 27 heavy (non-hydrogen) atoms. The minimum atomic E-state index is -0.697. The minimum Gasteiger partial charge on any atom is -0.497 e. The number of carbonyl (C=O) groups excluding carboxylic acids is 2. The number of ether oxygens (including phenoxy) is 1. The van der Waals surface area contributed by atoms with Gasteiger partial charge in [-0.1, -0.05) is 24.3 Å². The second kappa shape index (κ2) is 9.78. The first-order valence-corrected chi connectivity index (χ1v) is 8.41. The number of benzene rings is 2. The molecule has 0 radical (unpaired) electrons. The summed E-state index contributed by atoms with van der Waals surface area (Å²) in [5.41, 5.74) is 2.33. The molecule has 0 heterocycles. The summed E-state index contributed by atoms with van der Waals surface area (Å²) in [5, 5.41) is 14.0. The molecule has 2 aromatic carbocycles. The Morgan fingerprint density at radius 2 is 1.81 bits per heavy atom. The first-order valence-electron chi connectivity index (χ1n) is 8.41. The van der Waals surface area contributed by atoms with Crippen molar-refractivity contribution in [3.05, 3.63) is 65.7 Å². The van der Waals surface area contributed by atoms with Crippen LogP contribution in [0, 0.1) is 11.3 Å². The van der Waals surface area contributed by atoms with Crippen molar-refractivity contribution in [3.63, 3.8) is 0 Å². The Bertz CT molecular complexity index is 850. The molecule has 2 amide bonds. The van der Waals surface area contributed by atoms with E-state index in [9.17, 15) is 9.59 Å². The van der Waals surface area contributed by atoms with Crippen LogP contribution in [0.5, 0.6) is 5.75 Å². The smallest absolute Gasteiger partial charge is 0.246 e. The van der Waals surface area contributed by atoms with E-state index in [0.717, 1.165) is 16.9 Å². The van der Waals surface area contributed by atoms with Gasteiger partial charge in [-0.3, -0.25) is 9.59 Å². The number of amides is 2. The fourth-order valence-corrected chi connectivity index (χ4v) is 2.26. The lowest BCUT2D eigenvalue weighted by atomic mass is 10.1. The van der Waals surface area contributed by atoms with Crippen molar-refractivity contribution in [2.24, 2.45) is 0 Å². The predicted octanol–water partition coefficient (Wildman–Crippen LogP) is 2.92. The number of carbonyl (C=O) groups is 2. The van der Waals surface area contributed by atoms with E-state index in [-0.39, 0.29) is 11.8 Å². The number of nitrogens with one attached hydrogen (secondary N) is 2. The van der Waals surface area contributed by atoms with E-state index >= 15 is 0 Å². The van der Waals surface area contributed by atoms with Crippen molar-refractivity contribution in [1.82, 2.24) is 5.32 Å². The van der Waals surface area contributed by atoms with Crippen molar-refractivity contribution >= 4 is 23.6 Å². The topological polar surface area (TPSA) is 91.2 Å². The third-order valence-electron chi connectivity index (χ3n) is 3.80. The highest BCUT2D eigenvalue weighted by molar-refractivity contribution is 5.99. The van der Waals surface area contributed by atoms with Crippen molar-refractivity contribution in [2.75, 3.05) is 12.4 Å². The quantitative estimate of drug-likeness (QED) is 0.740. The molecule has 0 saturated carbocycles. The zero-order chi connectivity index (χ0) is 19.6. The van der Waals surface area contributed by atoms with Crippen LogP contribution >= 0.6 is 0 Å². The number of anilines is 1. The lowest BCUT2D eigenvalue weighted by Crippen LogP contribution is -2.40. The molecule has 138 valence electrons. The van der Waals surface area contributed by atoms with Crippen LogP contribution in [-0.4, -0.2) is 25.0 Å². The molecule has 1 unspecified atom stereocenters. The Hall–Kier alpha value is -3.59. The zero-order valence-corrected chi connectivity index (χ0v) is 15.2. The predicted molar refractivity (Wildman–Crippen MR) is 104 cm³/mol. The summed E-state index contributed by atoms with van der Waals surface area (Å²) in [6.45, 7) is 1.61. The Morgan fingerprint density at radius 3 is 2.41 bits per heavy atom. The molecule has 6 nitrogen and oxygen atoms in total. The van der Waals surface area contributed by atoms with Crippen molar-refractivity contribution in [2.45, 2.75) is 19.4 Å². The number of nitriles is 1. The maximum absolute atomic E-state index is 12.2. The van der Waals surface area contributed by atoms with Gasteiger partial charge in [0.1, 0.15) is 11.8 Å². The Balaban J connectivity index is 1.86. The molecule has 0 aromatic heterocycles. The van der Waals surface area contributed by atoms with Crippen LogP contribution in [0.15, 0.2) is 54.6 Å². The van der Waals surface area contributed by atoms with E-state index in [1.165, 1.54) is 6.08 Å². The summed E-state index contributed by atoms with van der Waals surface area (Å²) < 4.78 is 5.08. The second-order valence-corrected chi connectivity index (χ2v) is 5.86. The SMILES string of the molecule is COc1ccc(/C=C/C(=O)NC(C)C(=O)Nc2ccc(CC#N)cc2)cc1. The summed E-state index contributed by atoms with van der Waals surface area (Å²) in [7, 11) is 1.59. The van der Waals surface area contributed by atoms with E-state index < -0.39 is 6.04 Å². The van der Waals surface area contributed by atoms with E-state index in [1.54, 1.807) is 56.5 Å². The number of hydrogen-bond acceptors (Lipinski definition) is 4. The lowest BCUT2D eigenvalue weighted by Gasteiger charge is -2.13. The van der Waals surface area contributed by atoms with Crippen molar-refractivity contribution in [3.8, 4) is 11.8 Å². The zero-order valence-electron chi connectivity index (χ0n) is 15.2. The van der Waals surface area contributed by atoms with Crippen molar-refractivity contribution < 1.29 is 14.3 Å². The summed E-state index contributed by atoms with van der Waals surface area (Å²) in [4.78, 5) is 24.2. The van der Waals surface area contributed by atoms with Gasteiger partial charge in [-0.25, -0.2) is 0 Å². The number of hydrogen-bond donors (Lipinski definition) is 2. The average molecular weight is 363 g/mol. The van der Waals surface area contributed by atoms with Gasteiger partial charge in [0, 0.05) is 11.8 Å². The maximum Gasteiger partial charge on any atom is 0.246 e. The van der Waals surface area contributed by atoms with Crippen LogP contribution < -0.4 is 15.4 Å². The van der Waals surface area contributed by atoms with Gasteiger partial charge in [-0.15, -0.1) is 0 Å². The summed E-state index contributed by atoms with van der Waals surface area (Å²) in [6.07, 6.45) is 3.36. The van der Waals surface area contributed by atoms with Crippen LogP contribution in [0.1, 0.15) is 18.1 Å². The molecule has 0 bridgehead atoms. The third kappa shape index (κ3) is 6.33. The van der Waals surface area contributed by atoms with Gasteiger partial charge < -0.3 is 15.4 Å². The molecule has 0 aliphatic heterocycles. The highest BCUT2D eigenvalue weighted by atomic mass is 16.5. The molecule has 0 aliphatic carbocycles. The molecule has 0 saturated heterocycles. The van der Waals surface area contributed by atoms with E-state index in [4.69, 9.17) is 10.00 Å². The first kappa shape index (κ1) is 19.7. The Kier molecular flexibility index (Phi) is 7.15.